The first-order chi connectivity index (χ1) is 13.1. The van der Waals surface area contributed by atoms with E-state index >= 15 is 0 Å². The average molecular weight is 463 g/mol. The van der Waals surface area contributed by atoms with Gasteiger partial charge in [0.2, 0.25) is 0 Å². The molecule has 0 saturated carbocycles. The Morgan fingerprint density at radius 2 is 1.52 bits per heavy atom. The van der Waals surface area contributed by atoms with Crippen LogP contribution in [0.15, 0.2) is 12.7 Å². The maximum Gasteiger partial charge on any atom is 0.466 e. The lowest BCUT2D eigenvalue weighted by atomic mass is 10.1. The van der Waals surface area contributed by atoms with Gasteiger partial charge in [0.15, 0.2) is 17.7 Å². The second kappa shape index (κ2) is 9.94. The number of nitrogens with zero attached hydrogens (tertiary/aromatic N) is 4. The van der Waals surface area contributed by atoms with Crippen LogP contribution >= 0.6 is 15.6 Å². The molecule has 11 N–H and O–H groups in total. The van der Waals surface area contributed by atoms with E-state index in [0.717, 1.165) is 0 Å². The molecule has 0 spiro atoms. The molecule has 0 bridgehead atoms. The van der Waals surface area contributed by atoms with Gasteiger partial charge in [0.25, 0.3) is 0 Å². The zero-order valence-electron chi connectivity index (χ0n) is 14.2. The lowest BCUT2D eigenvalue weighted by Crippen LogP contribution is -2.33. The fraction of sp³-hybridized carbons (Fsp3) is 0.500. The molecule has 1 aliphatic heterocycles. The summed E-state index contributed by atoms with van der Waals surface area (Å²) in [5.74, 6) is 0.218. The molecular weight excluding hydrogens is 444 g/mol. The molecule has 1 aliphatic rings. The van der Waals surface area contributed by atoms with Gasteiger partial charge in [-0.15, -0.1) is 0 Å². The maximum absolute atomic E-state index is 9.95. The maximum atomic E-state index is 9.95. The van der Waals surface area contributed by atoms with Gasteiger partial charge in [-0.05, 0) is 0 Å². The minimum atomic E-state index is -4.64. The Bertz CT molecular complexity index is 862. The monoisotopic (exact) mass is 463 g/mol. The molecule has 3 rings (SSSR count). The Labute approximate surface area is 161 Å². The molecule has 2 aromatic heterocycles. The summed E-state index contributed by atoms with van der Waals surface area (Å²) >= 11 is 0. The van der Waals surface area contributed by atoms with Crippen molar-refractivity contribution in [3.8, 4) is 0 Å². The largest absolute Gasteiger partial charge is 0.466 e. The first-order valence-electron chi connectivity index (χ1n) is 7.25. The van der Waals surface area contributed by atoms with Crippen molar-refractivity contribution >= 4 is 32.6 Å². The number of imidazole rings is 1. The number of hydrogen-bond acceptors (Lipinski definition) is 10. The van der Waals surface area contributed by atoms with Crippen LogP contribution in [0.4, 0.5) is 5.82 Å². The summed E-state index contributed by atoms with van der Waals surface area (Å²) in [6, 6.07) is 0. The minimum Gasteiger partial charge on any atom is -0.394 e. The van der Waals surface area contributed by atoms with Crippen molar-refractivity contribution in [3.05, 3.63) is 12.7 Å². The standard InChI is InChI=1S/C10H13N5O4.2H3O4P/c11-8-5-9(13-2-12-8)15(3-14-5)10-7(18)6(17)4(1-16)19-10;2*1-5(2,3)4/h2-4,6-7,10,16-18H,1H2,(H2,11,12,13);2*(H3,1,2,3,4)/t4-,6-,7-,10-;;/m1../s1. The number of ether oxygens (including phenoxy) is 1. The second-order valence-corrected chi connectivity index (χ2v) is 7.39. The molecule has 0 aliphatic carbocycles. The van der Waals surface area contributed by atoms with E-state index in [1.54, 1.807) is 0 Å². The van der Waals surface area contributed by atoms with Gasteiger partial charge in [-0.3, -0.25) is 4.57 Å². The van der Waals surface area contributed by atoms with E-state index in [0.29, 0.717) is 11.2 Å². The van der Waals surface area contributed by atoms with E-state index in [-0.39, 0.29) is 5.82 Å². The molecule has 17 nitrogen and oxygen atoms in total. The third-order valence-electron chi connectivity index (χ3n) is 3.18. The third-order valence-corrected chi connectivity index (χ3v) is 3.18. The van der Waals surface area contributed by atoms with Crippen LogP contribution in [-0.2, 0) is 13.9 Å². The zero-order valence-corrected chi connectivity index (χ0v) is 16.0. The van der Waals surface area contributed by atoms with Crippen LogP contribution in [0.1, 0.15) is 6.23 Å². The highest BCUT2D eigenvalue weighted by molar-refractivity contribution is 7.45. The molecule has 0 aromatic carbocycles. The molecule has 2 aromatic rings. The fourth-order valence-electron chi connectivity index (χ4n) is 2.17. The number of aliphatic hydroxyl groups excluding tert-OH is 3. The summed E-state index contributed by atoms with van der Waals surface area (Å²) in [6.07, 6.45) is -1.42. The Balaban J connectivity index is 0.000000353. The topological polar surface area (TPSA) is 295 Å². The van der Waals surface area contributed by atoms with E-state index in [1.165, 1.54) is 17.2 Å². The predicted octanol–water partition coefficient (Wildman–Crippen LogP) is -3.84. The Hall–Kier alpha value is -1.59. The second-order valence-electron chi connectivity index (χ2n) is 5.34. The van der Waals surface area contributed by atoms with E-state index in [4.69, 9.17) is 54.1 Å². The van der Waals surface area contributed by atoms with E-state index in [9.17, 15) is 10.2 Å². The molecule has 19 heteroatoms. The van der Waals surface area contributed by atoms with Gasteiger partial charge in [0.05, 0.1) is 12.9 Å². The van der Waals surface area contributed by atoms with Crippen LogP contribution in [0.2, 0.25) is 0 Å². The minimum absolute atomic E-state index is 0.218. The first-order valence-corrected chi connectivity index (χ1v) is 10.4. The van der Waals surface area contributed by atoms with Gasteiger partial charge >= 0.3 is 15.6 Å². The Kier molecular flexibility index (Phi) is 8.73. The summed E-state index contributed by atoms with van der Waals surface area (Å²) in [5, 5.41) is 28.7. The number of aromatic nitrogens is 4. The molecule has 0 radical (unpaired) electrons. The summed E-state index contributed by atoms with van der Waals surface area (Å²) in [4.78, 5) is 55.0. The van der Waals surface area contributed by atoms with Crippen molar-refractivity contribution in [2.45, 2.75) is 24.5 Å². The highest BCUT2D eigenvalue weighted by Crippen LogP contribution is 2.31. The molecule has 29 heavy (non-hydrogen) atoms. The zero-order chi connectivity index (χ0) is 22.6. The van der Waals surface area contributed by atoms with Crippen molar-refractivity contribution in [1.29, 1.82) is 0 Å². The van der Waals surface area contributed by atoms with Crippen molar-refractivity contribution in [1.82, 2.24) is 19.5 Å². The molecule has 3 heterocycles. The molecular formula is C10H19N5O12P2. The lowest BCUT2D eigenvalue weighted by molar-refractivity contribution is -0.0511. The van der Waals surface area contributed by atoms with Crippen LogP contribution < -0.4 is 5.73 Å². The van der Waals surface area contributed by atoms with Gasteiger partial charge in [0, 0.05) is 0 Å². The van der Waals surface area contributed by atoms with Crippen LogP contribution in [0.25, 0.3) is 11.2 Å². The number of nitrogen functional groups attached to an aromatic ring is 1. The van der Waals surface area contributed by atoms with Crippen molar-refractivity contribution in [2.24, 2.45) is 0 Å². The SMILES string of the molecule is Nc1ncnc2c1ncn2[C@@H]1O[C@H](CO)[C@@H](O)[C@H]1O.O=P(O)(O)O.O=P(O)(O)O. The quantitative estimate of drug-likeness (QED) is 0.191. The summed E-state index contributed by atoms with van der Waals surface area (Å²) in [6.45, 7) is -0.390. The van der Waals surface area contributed by atoms with Crippen LogP contribution in [0, 0.1) is 0 Å². The van der Waals surface area contributed by atoms with Crippen LogP contribution in [0.5, 0.6) is 0 Å². The van der Waals surface area contributed by atoms with Gasteiger partial charge in [0.1, 0.15) is 30.2 Å². The predicted molar refractivity (Wildman–Crippen MR) is 91.3 cm³/mol. The third kappa shape index (κ3) is 8.35. The molecule has 166 valence electrons. The average Bonchev–Trinajstić information content (AvgIpc) is 3.08. The molecule has 1 saturated heterocycles. The summed E-state index contributed by atoms with van der Waals surface area (Å²) < 4.78 is 24.6. The molecule has 4 atom stereocenters. The number of aliphatic hydroxyl groups is 3. The van der Waals surface area contributed by atoms with Crippen molar-refractivity contribution in [3.63, 3.8) is 0 Å². The van der Waals surface area contributed by atoms with E-state index in [1.807, 2.05) is 0 Å². The molecule has 0 amide bonds. The number of anilines is 1. The van der Waals surface area contributed by atoms with Crippen LogP contribution in [0.3, 0.4) is 0 Å². The Morgan fingerprint density at radius 3 is 1.97 bits per heavy atom. The number of rotatable bonds is 2. The van der Waals surface area contributed by atoms with Crippen LogP contribution in [-0.4, -0.2) is 89.1 Å². The van der Waals surface area contributed by atoms with Gasteiger partial charge in [-0.25, -0.2) is 24.1 Å². The molecule has 1 fully saturated rings. The summed E-state index contributed by atoms with van der Waals surface area (Å²) in [5.41, 5.74) is 6.44. The highest BCUT2D eigenvalue weighted by Gasteiger charge is 2.43. The highest BCUT2D eigenvalue weighted by atomic mass is 31.2. The van der Waals surface area contributed by atoms with E-state index < -0.39 is 46.8 Å². The van der Waals surface area contributed by atoms with Gasteiger partial charge in [-0.1, -0.05) is 0 Å². The number of nitrogens with two attached hydrogens (primary N) is 1. The number of phosphoric acid groups is 2. The lowest BCUT2D eigenvalue weighted by Gasteiger charge is -2.16. The number of hydrogen-bond donors (Lipinski definition) is 10. The smallest absolute Gasteiger partial charge is 0.394 e. The normalized spacial score (nSPS) is 24.4. The first kappa shape index (κ1) is 25.4. The fourth-order valence-corrected chi connectivity index (χ4v) is 2.17. The number of fused-ring (bicyclic) bond motifs is 1. The van der Waals surface area contributed by atoms with Gasteiger partial charge in [-0.2, -0.15) is 0 Å². The molecule has 0 unspecified atom stereocenters. The summed E-state index contributed by atoms with van der Waals surface area (Å²) in [7, 11) is -9.28. The Morgan fingerprint density at radius 1 is 1.00 bits per heavy atom. The van der Waals surface area contributed by atoms with Gasteiger partial charge < -0.3 is 55.2 Å². The van der Waals surface area contributed by atoms with E-state index in [2.05, 4.69) is 15.0 Å². The van der Waals surface area contributed by atoms with Crippen molar-refractivity contribution < 1.29 is 58.5 Å². The van der Waals surface area contributed by atoms with Crippen molar-refractivity contribution in [2.75, 3.05) is 12.3 Å².